The summed E-state index contributed by atoms with van der Waals surface area (Å²) in [4.78, 5) is 4.72. The fourth-order valence-electron chi connectivity index (χ4n) is 9.35. The van der Waals surface area contributed by atoms with Crippen LogP contribution >= 0.6 is 0 Å². The first-order chi connectivity index (χ1) is 30.2. The number of anilines is 6. The number of para-hydroxylation sites is 2. The highest BCUT2D eigenvalue weighted by atomic mass is 16.5. The number of nitrogens with zero attached hydrogens (tertiary/aromatic N) is 2. The van der Waals surface area contributed by atoms with Crippen molar-refractivity contribution in [1.29, 1.82) is 0 Å². The number of hydrogen-bond donors (Lipinski definition) is 0. The summed E-state index contributed by atoms with van der Waals surface area (Å²) in [5.74, 6) is 1.74. The summed E-state index contributed by atoms with van der Waals surface area (Å²) in [6, 6.07) is 82.7. The molecule has 0 fully saturated rings. The molecule has 0 spiro atoms. The molecule has 0 radical (unpaired) electrons. The lowest BCUT2D eigenvalue weighted by Gasteiger charge is -2.28. The zero-order valence-corrected chi connectivity index (χ0v) is 33.2. The molecule has 0 aliphatic carbocycles. The number of rotatable bonds is 7. The van der Waals surface area contributed by atoms with Gasteiger partial charge in [0.05, 0.1) is 11.4 Å². The van der Waals surface area contributed by atoms with Crippen molar-refractivity contribution >= 4 is 77.2 Å². The van der Waals surface area contributed by atoms with Crippen molar-refractivity contribution in [3.05, 3.63) is 231 Å². The number of ether oxygens (including phenoxy) is 1. The van der Waals surface area contributed by atoms with Crippen LogP contribution in [0.5, 0.6) is 11.5 Å². The van der Waals surface area contributed by atoms with Crippen LogP contribution < -0.4 is 14.5 Å². The van der Waals surface area contributed by atoms with Crippen molar-refractivity contribution in [2.45, 2.75) is 0 Å². The lowest BCUT2D eigenvalue weighted by atomic mass is 9.89. The summed E-state index contributed by atoms with van der Waals surface area (Å²) in [5.41, 5.74) is 11.3. The maximum absolute atomic E-state index is 6.82. The van der Waals surface area contributed by atoms with Crippen molar-refractivity contribution in [3.8, 4) is 33.8 Å². The second kappa shape index (κ2) is 14.3. The van der Waals surface area contributed by atoms with Crippen LogP contribution in [-0.2, 0) is 0 Å². The molecule has 1 aliphatic heterocycles. The quantitative estimate of drug-likeness (QED) is 0.150. The predicted molar refractivity (Wildman–Crippen MR) is 257 cm³/mol. The van der Waals surface area contributed by atoms with Gasteiger partial charge in [-0.3, -0.25) is 0 Å². The largest absolute Gasteiger partial charge is 0.456 e. The normalized spacial score (nSPS) is 11.7. The highest BCUT2D eigenvalue weighted by Gasteiger charge is 2.24. The van der Waals surface area contributed by atoms with E-state index < -0.39 is 0 Å². The Morgan fingerprint density at radius 3 is 1.48 bits per heavy atom. The van der Waals surface area contributed by atoms with Crippen LogP contribution in [0.3, 0.4) is 0 Å². The van der Waals surface area contributed by atoms with Gasteiger partial charge in [0.25, 0.3) is 0 Å². The molecule has 11 aromatic rings. The summed E-state index contributed by atoms with van der Waals surface area (Å²) in [7, 11) is 0. The van der Waals surface area contributed by atoms with Gasteiger partial charge in [0.1, 0.15) is 11.5 Å². The van der Waals surface area contributed by atoms with Crippen LogP contribution in [0.1, 0.15) is 0 Å². The van der Waals surface area contributed by atoms with Crippen molar-refractivity contribution in [1.82, 2.24) is 0 Å². The Morgan fingerprint density at radius 2 is 0.803 bits per heavy atom. The third-order valence-electron chi connectivity index (χ3n) is 12.2. The Bertz CT molecular complexity index is 3440. The highest BCUT2D eigenvalue weighted by Crippen LogP contribution is 2.51. The first-order valence-electron chi connectivity index (χ1n) is 20.8. The molecule has 0 aromatic heterocycles. The lowest BCUT2D eigenvalue weighted by molar-refractivity contribution is 0.487. The molecule has 0 N–H and O–H groups in total. The van der Waals surface area contributed by atoms with Gasteiger partial charge in [0.15, 0.2) is 0 Å². The topological polar surface area (TPSA) is 15.7 Å². The summed E-state index contributed by atoms with van der Waals surface area (Å²) < 4.78 is 6.82. The number of benzene rings is 11. The highest BCUT2D eigenvalue weighted by molar-refractivity contribution is 6.18. The Balaban J connectivity index is 0.931. The average molecular weight is 779 g/mol. The van der Waals surface area contributed by atoms with Gasteiger partial charge in [-0.15, -0.1) is 0 Å². The third-order valence-corrected chi connectivity index (χ3v) is 12.2. The lowest BCUT2D eigenvalue weighted by Crippen LogP contribution is -2.10. The van der Waals surface area contributed by atoms with Gasteiger partial charge >= 0.3 is 0 Å². The zero-order chi connectivity index (χ0) is 40.3. The molecule has 11 aromatic carbocycles. The van der Waals surface area contributed by atoms with Crippen LogP contribution in [0.2, 0.25) is 0 Å². The van der Waals surface area contributed by atoms with Gasteiger partial charge in [-0.05, 0) is 129 Å². The van der Waals surface area contributed by atoms with Gasteiger partial charge in [-0.2, -0.15) is 0 Å². The van der Waals surface area contributed by atoms with E-state index in [4.69, 9.17) is 4.74 Å². The minimum Gasteiger partial charge on any atom is -0.456 e. The SMILES string of the molecule is c1ccc(N(c2ccc(-c3ccc4c(c3)Oc3cccc5c3c-4cc3ccc(N(c4ccccc4)c4cccc6ccccc46)cc35)cc2)c2cccc3ccccc23)cc1. The summed E-state index contributed by atoms with van der Waals surface area (Å²) in [6.45, 7) is 0. The standard InChI is InChI=1S/C58H38N2O/c1-3-18-44(19-4-1)59(54-25-11-16-40-14-7-9-22-48(40)54)46-32-28-39(29-33-46)42-31-35-50-53-36-43-30-34-47(38-52(43)51-24-13-27-56(58(51)53)61-57(50)37-42)60(45-20-5-2-6-21-45)55-26-12-17-41-15-8-10-23-49(41)55/h1-38H. The molecule has 286 valence electrons. The van der Waals surface area contributed by atoms with Crippen LogP contribution in [0.4, 0.5) is 34.1 Å². The van der Waals surface area contributed by atoms with E-state index in [1.165, 1.54) is 43.3 Å². The summed E-state index contributed by atoms with van der Waals surface area (Å²) in [6.07, 6.45) is 0. The van der Waals surface area contributed by atoms with E-state index in [9.17, 15) is 0 Å². The second-order valence-corrected chi connectivity index (χ2v) is 15.7. The smallest absolute Gasteiger partial charge is 0.135 e. The van der Waals surface area contributed by atoms with Crippen LogP contribution in [-0.4, -0.2) is 0 Å². The molecule has 0 unspecified atom stereocenters. The van der Waals surface area contributed by atoms with E-state index in [2.05, 4.69) is 240 Å². The molecular formula is C58H38N2O. The molecule has 0 bridgehead atoms. The molecule has 1 aliphatic rings. The Labute approximate surface area is 354 Å². The molecule has 0 atom stereocenters. The van der Waals surface area contributed by atoms with Gasteiger partial charge in [-0.25, -0.2) is 0 Å². The number of fused-ring (bicyclic) bond motifs is 6. The molecular weight excluding hydrogens is 741 g/mol. The molecule has 0 amide bonds. The molecule has 1 heterocycles. The first-order valence-corrected chi connectivity index (χ1v) is 20.8. The second-order valence-electron chi connectivity index (χ2n) is 15.7. The minimum absolute atomic E-state index is 0.866. The van der Waals surface area contributed by atoms with Crippen LogP contribution in [0.25, 0.3) is 65.3 Å². The van der Waals surface area contributed by atoms with E-state index >= 15 is 0 Å². The van der Waals surface area contributed by atoms with Crippen molar-refractivity contribution in [2.75, 3.05) is 9.80 Å². The maximum atomic E-state index is 6.82. The molecule has 3 nitrogen and oxygen atoms in total. The van der Waals surface area contributed by atoms with Crippen molar-refractivity contribution < 1.29 is 4.74 Å². The molecule has 0 saturated heterocycles. The zero-order valence-electron chi connectivity index (χ0n) is 33.2. The molecule has 0 saturated carbocycles. The van der Waals surface area contributed by atoms with E-state index in [-0.39, 0.29) is 0 Å². The first kappa shape index (κ1) is 34.9. The molecule has 12 rings (SSSR count). The van der Waals surface area contributed by atoms with Crippen LogP contribution in [0, 0.1) is 0 Å². The number of hydrogen-bond acceptors (Lipinski definition) is 3. The Kier molecular flexibility index (Phi) is 8.17. The fraction of sp³-hybridized carbons (Fsp3) is 0. The predicted octanol–water partition coefficient (Wildman–Crippen LogP) is 16.7. The molecule has 61 heavy (non-hydrogen) atoms. The van der Waals surface area contributed by atoms with Crippen LogP contribution in [0.15, 0.2) is 231 Å². The fourth-order valence-corrected chi connectivity index (χ4v) is 9.35. The van der Waals surface area contributed by atoms with Crippen molar-refractivity contribution in [3.63, 3.8) is 0 Å². The summed E-state index contributed by atoms with van der Waals surface area (Å²) in [5, 5.41) is 9.55. The van der Waals surface area contributed by atoms with Crippen molar-refractivity contribution in [2.24, 2.45) is 0 Å². The monoisotopic (exact) mass is 778 g/mol. The third kappa shape index (κ3) is 5.90. The Hall–Kier alpha value is -8.14. The van der Waals surface area contributed by atoms with Gasteiger partial charge in [-0.1, -0.05) is 146 Å². The van der Waals surface area contributed by atoms with E-state index in [0.29, 0.717) is 0 Å². The average Bonchev–Trinajstić information content (AvgIpc) is 3.33. The minimum atomic E-state index is 0.866. The van der Waals surface area contributed by atoms with E-state index in [1.54, 1.807) is 0 Å². The van der Waals surface area contributed by atoms with E-state index in [1.807, 2.05) is 0 Å². The summed E-state index contributed by atoms with van der Waals surface area (Å²) >= 11 is 0. The Morgan fingerprint density at radius 1 is 0.279 bits per heavy atom. The molecule has 3 heteroatoms. The van der Waals surface area contributed by atoms with Gasteiger partial charge in [0, 0.05) is 44.5 Å². The van der Waals surface area contributed by atoms with Gasteiger partial charge < -0.3 is 14.5 Å². The van der Waals surface area contributed by atoms with Gasteiger partial charge in [0.2, 0.25) is 0 Å². The maximum Gasteiger partial charge on any atom is 0.135 e. The van der Waals surface area contributed by atoms with E-state index in [0.717, 1.165) is 67.7 Å².